The molecular formula is C17H13ClF3N5O3S. The maximum atomic E-state index is 12.8. The zero-order valence-corrected chi connectivity index (χ0v) is 16.7. The first-order valence-corrected chi connectivity index (χ1v) is 10.0. The lowest BCUT2D eigenvalue weighted by atomic mass is 10.2. The minimum atomic E-state index is -4.63. The van der Waals surface area contributed by atoms with E-state index < -0.39 is 27.8 Å². The van der Waals surface area contributed by atoms with E-state index in [9.17, 15) is 26.4 Å². The molecule has 0 saturated carbocycles. The largest absolute Gasteiger partial charge is 0.417 e. The zero-order chi connectivity index (χ0) is 22.1. The highest BCUT2D eigenvalue weighted by atomic mass is 35.5. The summed E-state index contributed by atoms with van der Waals surface area (Å²) in [7, 11) is -4.16. The third-order valence-electron chi connectivity index (χ3n) is 3.84. The fraction of sp³-hybridized carbons (Fsp3) is 0.118. The average molecular weight is 460 g/mol. The van der Waals surface area contributed by atoms with Crippen LogP contribution in [0.3, 0.4) is 0 Å². The Hall–Kier alpha value is -3.12. The Kier molecular flexibility index (Phi) is 5.72. The first-order chi connectivity index (χ1) is 14.0. The summed E-state index contributed by atoms with van der Waals surface area (Å²) in [5, 5.41) is 5.74. The van der Waals surface area contributed by atoms with E-state index >= 15 is 0 Å². The molecule has 0 spiro atoms. The Morgan fingerprint density at radius 1 is 1.20 bits per heavy atom. The van der Waals surface area contributed by atoms with Crippen LogP contribution in [0.25, 0.3) is 5.82 Å². The van der Waals surface area contributed by atoms with Crippen LogP contribution in [0.2, 0.25) is 5.02 Å². The number of sulfonamides is 1. The third kappa shape index (κ3) is 4.54. The van der Waals surface area contributed by atoms with Crippen LogP contribution in [0.15, 0.2) is 53.7 Å². The maximum Gasteiger partial charge on any atom is 0.417 e. The predicted octanol–water partition coefficient (Wildman–Crippen LogP) is 3.76. The lowest BCUT2D eigenvalue weighted by Crippen LogP contribution is -2.35. The Bertz CT molecular complexity index is 1210. The number of pyridine rings is 1. The van der Waals surface area contributed by atoms with Gasteiger partial charge in [0.1, 0.15) is 5.82 Å². The number of carbonyl (C=O) groups excluding carboxylic acids is 1. The van der Waals surface area contributed by atoms with E-state index in [0.29, 0.717) is 17.8 Å². The highest BCUT2D eigenvalue weighted by Crippen LogP contribution is 2.32. The van der Waals surface area contributed by atoms with Crippen molar-refractivity contribution in [2.75, 3.05) is 5.32 Å². The number of aryl methyl sites for hydroxylation is 1. The number of amides is 2. The fourth-order valence-corrected chi connectivity index (χ4v) is 3.89. The molecule has 0 aliphatic carbocycles. The molecule has 0 bridgehead atoms. The monoisotopic (exact) mass is 459 g/mol. The van der Waals surface area contributed by atoms with Gasteiger partial charge >= 0.3 is 12.2 Å². The molecule has 2 aromatic heterocycles. The Balaban J connectivity index is 1.83. The number of nitrogens with zero attached hydrogens (tertiary/aromatic N) is 3. The number of nitrogens with one attached hydrogen (secondary N) is 2. The van der Waals surface area contributed by atoms with Crippen LogP contribution in [0.4, 0.5) is 23.8 Å². The van der Waals surface area contributed by atoms with Gasteiger partial charge in [-0.05, 0) is 24.6 Å². The smallest absolute Gasteiger partial charge is 0.291 e. The molecule has 0 unspecified atom stereocenters. The van der Waals surface area contributed by atoms with Gasteiger partial charge in [-0.3, -0.25) is 5.32 Å². The minimum absolute atomic E-state index is 0.0679. The van der Waals surface area contributed by atoms with Gasteiger partial charge in [0.15, 0.2) is 5.82 Å². The summed E-state index contributed by atoms with van der Waals surface area (Å²) < 4.78 is 65.9. The van der Waals surface area contributed by atoms with Crippen LogP contribution >= 0.6 is 11.6 Å². The summed E-state index contributed by atoms with van der Waals surface area (Å²) in [5.74, 6) is -0.256. The molecule has 2 heterocycles. The van der Waals surface area contributed by atoms with Gasteiger partial charge in [0, 0.05) is 12.3 Å². The van der Waals surface area contributed by atoms with Crippen LogP contribution in [0.1, 0.15) is 11.1 Å². The predicted molar refractivity (Wildman–Crippen MR) is 102 cm³/mol. The molecule has 2 amide bonds. The van der Waals surface area contributed by atoms with E-state index in [1.807, 2.05) is 4.72 Å². The van der Waals surface area contributed by atoms with Crippen LogP contribution in [-0.4, -0.2) is 29.2 Å². The van der Waals surface area contributed by atoms with E-state index in [4.69, 9.17) is 11.6 Å². The van der Waals surface area contributed by atoms with Crippen molar-refractivity contribution >= 4 is 33.5 Å². The number of carbonyl (C=O) groups is 1. The summed E-state index contributed by atoms with van der Waals surface area (Å²) in [6.45, 7) is 1.57. The second kappa shape index (κ2) is 7.95. The Labute approximate surface area is 173 Å². The molecule has 8 nitrogen and oxygen atoms in total. The van der Waals surface area contributed by atoms with Crippen molar-refractivity contribution in [2.24, 2.45) is 0 Å². The topological polar surface area (TPSA) is 106 Å². The van der Waals surface area contributed by atoms with Crippen molar-refractivity contribution in [3.8, 4) is 5.82 Å². The molecule has 13 heteroatoms. The van der Waals surface area contributed by atoms with Crippen molar-refractivity contribution in [3.63, 3.8) is 0 Å². The molecule has 0 aliphatic rings. The highest BCUT2D eigenvalue weighted by Gasteiger charge is 2.32. The SMILES string of the molecule is Cc1ccccc1S(=O)(=O)NC(=O)Nc1ccnn1-c1ncc(C(F)(F)F)cc1Cl. The van der Waals surface area contributed by atoms with E-state index in [-0.39, 0.29) is 21.6 Å². The number of anilines is 1. The molecule has 30 heavy (non-hydrogen) atoms. The molecule has 0 fully saturated rings. The summed E-state index contributed by atoms with van der Waals surface area (Å²) in [6, 6.07) is 6.90. The van der Waals surface area contributed by atoms with Gasteiger partial charge in [0.05, 0.1) is 21.7 Å². The first kappa shape index (κ1) is 21.6. The highest BCUT2D eigenvalue weighted by molar-refractivity contribution is 7.90. The lowest BCUT2D eigenvalue weighted by Gasteiger charge is -2.13. The van der Waals surface area contributed by atoms with Gasteiger partial charge in [-0.1, -0.05) is 29.8 Å². The number of rotatable bonds is 4. The van der Waals surface area contributed by atoms with Crippen LogP contribution in [0, 0.1) is 6.92 Å². The fourth-order valence-electron chi connectivity index (χ4n) is 2.49. The number of hydrogen-bond acceptors (Lipinski definition) is 5. The van der Waals surface area contributed by atoms with E-state index in [0.717, 1.165) is 4.68 Å². The molecule has 3 aromatic rings. The minimum Gasteiger partial charge on any atom is -0.291 e. The number of alkyl halides is 3. The number of halogens is 4. The number of aromatic nitrogens is 3. The normalized spacial score (nSPS) is 11.9. The van der Waals surface area contributed by atoms with Gasteiger partial charge < -0.3 is 0 Å². The molecule has 0 aliphatic heterocycles. The van der Waals surface area contributed by atoms with Crippen molar-refractivity contribution in [1.29, 1.82) is 0 Å². The second-order valence-corrected chi connectivity index (χ2v) is 8.04. The third-order valence-corrected chi connectivity index (χ3v) is 5.61. The average Bonchev–Trinajstić information content (AvgIpc) is 3.08. The Morgan fingerprint density at radius 2 is 1.90 bits per heavy atom. The standard InChI is InChI=1S/C17H13ClF3N5O3S/c1-10-4-2-3-5-13(10)30(28,29)25-16(27)24-14-6-7-23-26(14)15-12(18)8-11(9-22-15)17(19,20)21/h2-9H,1H3,(H2,24,25,27). The quantitative estimate of drug-likeness (QED) is 0.618. The summed E-state index contributed by atoms with van der Waals surface area (Å²) in [5.41, 5.74) is -0.622. The van der Waals surface area contributed by atoms with Gasteiger partial charge in [-0.2, -0.15) is 23.0 Å². The summed E-state index contributed by atoms with van der Waals surface area (Å²) >= 11 is 5.89. The lowest BCUT2D eigenvalue weighted by molar-refractivity contribution is -0.137. The van der Waals surface area contributed by atoms with Crippen molar-refractivity contribution in [3.05, 3.63) is 64.9 Å². The summed E-state index contributed by atoms with van der Waals surface area (Å²) in [6.07, 6.45) is -2.85. The van der Waals surface area contributed by atoms with Crippen molar-refractivity contribution in [1.82, 2.24) is 19.5 Å². The van der Waals surface area contributed by atoms with E-state index in [2.05, 4.69) is 15.4 Å². The molecule has 158 valence electrons. The first-order valence-electron chi connectivity index (χ1n) is 8.15. The van der Waals surface area contributed by atoms with Crippen molar-refractivity contribution < 1.29 is 26.4 Å². The number of benzene rings is 1. The van der Waals surface area contributed by atoms with E-state index in [1.54, 1.807) is 19.1 Å². The van der Waals surface area contributed by atoms with Crippen LogP contribution in [0.5, 0.6) is 0 Å². The van der Waals surface area contributed by atoms with Crippen LogP contribution < -0.4 is 10.0 Å². The summed E-state index contributed by atoms with van der Waals surface area (Å²) in [4.78, 5) is 15.8. The van der Waals surface area contributed by atoms with Gasteiger partial charge in [0.2, 0.25) is 0 Å². The molecule has 3 rings (SSSR count). The molecule has 2 N–H and O–H groups in total. The molecule has 0 saturated heterocycles. The van der Waals surface area contributed by atoms with Crippen LogP contribution in [-0.2, 0) is 16.2 Å². The van der Waals surface area contributed by atoms with Gasteiger partial charge in [-0.25, -0.2) is 22.9 Å². The molecule has 0 atom stereocenters. The second-order valence-electron chi connectivity index (χ2n) is 5.98. The maximum absolute atomic E-state index is 12.8. The molecular weight excluding hydrogens is 447 g/mol. The number of hydrogen-bond donors (Lipinski definition) is 2. The van der Waals surface area contributed by atoms with Crippen molar-refractivity contribution in [2.45, 2.75) is 18.0 Å². The molecule has 0 radical (unpaired) electrons. The zero-order valence-electron chi connectivity index (χ0n) is 15.1. The van der Waals surface area contributed by atoms with Gasteiger partial charge in [0.25, 0.3) is 10.0 Å². The van der Waals surface area contributed by atoms with E-state index in [1.165, 1.54) is 24.4 Å². The number of urea groups is 1. The molecule has 1 aromatic carbocycles. The van der Waals surface area contributed by atoms with Gasteiger partial charge in [-0.15, -0.1) is 0 Å². The Morgan fingerprint density at radius 3 is 2.53 bits per heavy atom.